The summed E-state index contributed by atoms with van der Waals surface area (Å²) in [6.07, 6.45) is 2.63. The molecule has 1 atom stereocenters. The van der Waals surface area contributed by atoms with Gasteiger partial charge in [0.2, 0.25) is 0 Å². The normalized spacial score (nSPS) is 21.1. The second kappa shape index (κ2) is 5.61. The standard InChI is InChI=1S/C17H17ClN2O2/c1-17(12-5-3-2-4-6-12)7-8-20(11-17)13-9-14(18)15(16(21)22)19-10-13/h2-6,9-10H,7-8,11H2,1H3,(H,21,22)/t17-/m0/s1. The van der Waals surface area contributed by atoms with E-state index in [0.29, 0.717) is 0 Å². The van der Waals surface area contributed by atoms with Gasteiger partial charge >= 0.3 is 5.97 Å². The van der Waals surface area contributed by atoms with E-state index in [1.165, 1.54) is 5.56 Å². The second-order valence-corrected chi connectivity index (χ2v) is 6.33. The number of pyridine rings is 1. The number of rotatable bonds is 3. The first-order valence-electron chi connectivity index (χ1n) is 7.19. The van der Waals surface area contributed by atoms with Gasteiger partial charge in [-0.25, -0.2) is 9.78 Å². The summed E-state index contributed by atoms with van der Waals surface area (Å²) in [5, 5.41) is 9.17. The molecule has 2 heterocycles. The Morgan fingerprint density at radius 1 is 1.36 bits per heavy atom. The fraction of sp³-hybridized carbons (Fsp3) is 0.294. The van der Waals surface area contributed by atoms with Gasteiger partial charge in [0.05, 0.1) is 16.9 Å². The van der Waals surface area contributed by atoms with Crippen molar-refractivity contribution in [2.24, 2.45) is 0 Å². The van der Waals surface area contributed by atoms with Crippen LogP contribution >= 0.6 is 11.6 Å². The van der Waals surface area contributed by atoms with Crippen LogP contribution in [0, 0.1) is 0 Å². The van der Waals surface area contributed by atoms with Gasteiger partial charge in [-0.1, -0.05) is 48.9 Å². The van der Waals surface area contributed by atoms with Gasteiger partial charge in [-0.15, -0.1) is 0 Å². The van der Waals surface area contributed by atoms with Gasteiger partial charge in [-0.2, -0.15) is 0 Å². The Balaban J connectivity index is 1.84. The van der Waals surface area contributed by atoms with Gasteiger partial charge in [0, 0.05) is 18.5 Å². The number of anilines is 1. The highest BCUT2D eigenvalue weighted by atomic mass is 35.5. The molecule has 0 aliphatic carbocycles. The first kappa shape index (κ1) is 14.9. The molecule has 1 N–H and O–H groups in total. The van der Waals surface area contributed by atoms with E-state index in [0.717, 1.165) is 25.2 Å². The summed E-state index contributed by atoms with van der Waals surface area (Å²) < 4.78 is 0. The van der Waals surface area contributed by atoms with Crippen LogP contribution in [0.1, 0.15) is 29.4 Å². The number of carboxylic acids is 1. The van der Waals surface area contributed by atoms with Crippen molar-refractivity contribution in [3.63, 3.8) is 0 Å². The Labute approximate surface area is 134 Å². The topological polar surface area (TPSA) is 53.4 Å². The number of halogens is 1. The van der Waals surface area contributed by atoms with Crippen LogP contribution in [0.4, 0.5) is 5.69 Å². The van der Waals surface area contributed by atoms with Crippen LogP contribution in [0.25, 0.3) is 0 Å². The van der Waals surface area contributed by atoms with Crippen LogP contribution in [0.5, 0.6) is 0 Å². The highest BCUT2D eigenvalue weighted by molar-refractivity contribution is 6.33. The minimum Gasteiger partial charge on any atom is -0.476 e. The Morgan fingerprint density at radius 3 is 2.73 bits per heavy atom. The van der Waals surface area contributed by atoms with Crippen molar-refractivity contribution in [2.45, 2.75) is 18.8 Å². The zero-order valence-corrected chi connectivity index (χ0v) is 13.0. The second-order valence-electron chi connectivity index (χ2n) is 5.93. The third kappa shape index (κ3) is 2.66. The van der Waals surface area contributed by atoms with Gasteiger partial charge in [0.1, 0.15) is 0 Å². The number of aromatic nitrogens is 1. The van der Waals surface area contributed by atoms with Crippen LogP contribution in [0.2, 0.25) is 5.02 Å². The highest BCUT2D eigenvalue weighted by Gasteiger charge is 2.35. The third-order valence-electron chi connectivity index (χ3n) is 4.34. The maximum atomic E-state index is 11.0. The van der Waals surface area contributed by atoms with Crippen molar-refractivity contribution >= 4 is 23.3 Å². The molecule has 0 unspecified atom stereocenters. The molecule has 1 fully saturated rings. The molecule has 1 aromatic carbocycles. The molecular weight excluding hydrogens is 300 g/mol. The monoisotopic (exact) mass is 316 g/mol. The molecule has 1 aliphatic heterocycles. The summed E-state index contributed by atoms with van der Waals surface area (Å²) in [4.78, 5) is 17.2. The molecule has 0 spiro atoms. The van der Waals surface area contributed by atoms with Crippen molar-refractivity contribution < 1.29 is 9.90 Å². The van der Waals surface area contributed by atoms with Crippen molar-refractivity contribution in [3.05, 3.63) is 58.9 Å². The zero-order chi connectivity index (χ0) is 15.7. The average molecular weight is 317 g/mol. The third-order valence-corrected chi connectivity index (χ3v) is 4.63. The molecule has 5 heteroatoms. The van der Waals surface area contributed by atoms with E-state index in [2.05, 4.69) is 41.1 Å². The van der Waals surface area contributed by atoms with E-state index < -0.39 is 5.97 Å². The first-order chi connectivity index (χ1) is 10.5. The highest BCUT2D eigenvalue weighted by Crippen LogP contribution is 2.36. The summed E-state index contributed by atoms with van der Waals surface area (Å²) in [5.74, 6) is -1.10. The quantitative estimate of drug-likeness (QED) is 0.940. The van der Waals surface area contributed by atoms with Gasteiger partial charge < -0.3 is 10.0 Å². The van der Waals surface area contributed by atoms with Crippen molar-refractivity contribution in [2.75, 3.05) is 18.0 Å². The van der Waals surface area contributed by atoms with E-state index in [9.17, 15) is 4.79 Å². The molecular formula is C17H17ClN2O2. The van der Waals surface area contributed by atoms with Gasteiger partial charge in [0.15, 0.2) is 5.69 Å². The minimum atomic E-state index is -1.10. The van der Waals surface area contributed by atoms with Crippen LogP contribution in [0.15, 0.2) is 42.6 Å². The number of nitrogens with zero attached hydrogens (tertiary/aromatic N) is 2. The first-order valence-corrected chi connectivity index (χ1v) is 7.57. The molecule has 0 amide bonds. The van der Waals surface area contributed by atoms with Crippen molar-refractivity contribution in [1.82, 2.24) is 4.98 Å². The molecule has 0 radical (unpaired) electrons. The Morgan fingerprint density at radius 2 is 2.09 bits per heavy atom. The molecule has 22 heavy (non-hydrogen) atoms. The Hall–Kier alpha value is -2.07. The van der Waals surface area contributed by atoms with Gasteiger partial charge in [-0.3, -0.25) is 0 Å². The summed E-state index contributed by atoms with van der Waals surface area (Å²) in [6.45, 7) is 4.01. The Bertz CT molecular complexity index is 705. The lowest BCUT2D eigenvalue weighted by atomic mass is 9.82. The van der Waals surface area contributed by atoms with E-state index >= 15 is 0 Å². The maximum Gasteiger partial charge on any atom is 0.356 e. The maximum absolute atomic E-state index is 11.0. The van der Waals surface area contributed by atoms with E-state index in [4.69, 9.17) is 16.7 Å². The predicted octanol–water partition coefficient (Wildman–Crippen LogP) is 3.60. The lowest BCUT2D eigenvalue weighted by Crippen LogP contribution is -2.28. The number of hydrogen-bond acceptors (Lipinski definition) is 3. The lowest BCUT2D eigenvalue weighted by Gasteiger charge is -2.26. The van der Waals surface area contributed by atoms with E-state index in [1.54, 1.807) is 12.3 Å². The molecule has 1 aliphatic rings. The van der Waals surface area contributed by atoms with Gasteiger partial charge in [-0.05, 0) is 18.1 Å². The fourth-order valence-electron chi connectivity index (χ4n) is 3.02. The summed E-state index contributed by atoms with van der Waals surface area (Å²) in [5.41, 5.74) is 2.17. The molecule has 1 saturated heterocycles. The van der Waals surface area contributed by atoms with Crippen LogP contribution in [-0.2, 0) is 5.41 Å². The fourth-order valence-corrected chi connectivity index (χ4v) is 3.26. The van der Waals surface area contributed by atoms with Crippen LogP contribution in [0.3, 0.4) is 0 Å². The van der Waals surface area contributed by atoms with Crippen LogP contribution < -0.4 is 4.90 Å². The number of hydrogen-bond donors (Lipinski definition) is 1. The predicted molar refractivity (Wildman–Crippen MR) is 86.8 cm³/mol. The minimum absolute atomic E-state index is 0.0825. The van der Waals surface area contributed by atoms with Crippen molar-refractivity contribution in [3.8, 4) is 0 Å². The van der Waals surface area contributed by atoms with Crippen LogP contribution in [-0.4, -0.2) is 29.1 Å². The van der Waals surface area contributed by atoms with E-state index in [1.807, 2.05) is 6.07 Å². The number of benzene rings is 1. The van der Waals surface area contributed by atoms with Gasteiger partial charge in [0.25, 0.3) is 0 Å². The smallest absolute Gasteiger partial charge is 0.356 e. The molecule has 3 rings (SSSR count). The number of carboxylic acid groups (broad SMARTS) is 1. The molecule has 1 aromatic heterocycles. The van der Waals surface area contributed by atoms with Crippen molar-refractivity contribution in [1.29, 1.82) is 0 Å². The summed E-state index contributed by atoms with van der Waals surface area (Å²) in [6, 6.07) is 12.1. The summed E-state index contributed by atoms with van der Waals surface area (Å²) in [7, 11) is 0. The largest absolute Gasteiger partial charge is 0.476 e. The molecule has 4 nitrogen and oxygen atoms in total. The molecule has 114 valence electrons. The molecule has 2 aromatic rings. The Kier molecular flexibility index (Phi) is 3.79. The summed E-state index contributed by atoms with van der Waals surface area (Å²) >= 11 is 6.02. The van der Waals surface area contributed by atoms with E-state index in [-0.39, 0.29) is 16.1 Å². The zero-order valence-electron chi connectivity index (χ0n) is 12.3. The lowest BCUT2D eigenvalue weighted by molar-refractivity contribution is 0.0691. The number of carbonyl (C=O) groups is 1. The molecule has 0 bridgehead atoms. The molecule has 0 saturated carbocycles. The number of aromatic carboxylic acids is 1. The SMILES string of the molecule is C[C@]1(c2ccccc2)CCN(c2cnc(C(=O)O)c(Cl)c2)C1. The average Bonchev–Trinajstić information content (AvgIpc) is 2.91.